The number of hydrogen-bond acceptors (Lipinski definition) is 3. The zero-order valence-electron chi connectivity index (χ0n) is 6.01. The SMILES string of the molecule is C[C@@H]1OC(N)=NC1(C)C. The normalized spacial score (nSPS) is 31.4. The summed E-state index contributed by atoms with van der Waals surface area (Å²) >= 11 is 0. The summed E-state index contributed by atoms with van der Waals surface area (Å²) in [5.41, 5.74) is 5.19. The van der Waals surface area contributed by atoms with E-state index in [0.29, 0.717) is 6.02 Å². The first-order valence-corrected chi connectivity index (χ1v) is 3.04. The smallest absolute Gasteiger partial charge is 0.282 e. The van der Waals surface area contributed by atoms with E-state index < -0.39 is 0 Å². The van der Waals surface area contributed by atoms with E-state index >= 15 is 0 Å². The number of ether oxygens (including phenoxy) is 1. The van der Waals surface area contributed by atoms with Crippen LogP contribution in [0.5, 0.6) is 0 Å². The monoisotopic (exact) mass is 128 g/mol. The average Bonchev–Trinajstić information content (AvgIpc) is 1.79. The van der Waals surface area contributed by atoms with Crippen molar-refractivity contribution in [3.63, 3.8) is 0 Å². The first-order chi connectivity index (χ1) is 4.02. The number of nitrogens with two attached hydrogens (primary N) is 1. The van der Waals surface area contributed by atoms with Gasteiger partial charge in [-0.2, -0.15) is 0 Å². The second-order valence-corrected chi connectivity index (χ2v) is 2.86. The third kappa shape index (κ3) is 0.992. The molecule has 0 aromatic heterocycles. The summed E-state index contributed by atoms with van der Waals surface area (Å²) in [5, 5.41) is 0. The topological polar surface area (TPSA) is 47.6 Å². The standard InChI is InChI=1S/C6H12N2O/c1-4-6(2,3)8-5(7)9-4/h4H,1-3H3,(H2,7,8)/t4-/m0/s1. The van der Waals surface area contributed by atoms with Gasteiger partial charge in [-0.15, -0.1) is 0 Å². The summed E-state index contributed by atoms with van der Waals surface area (Å²) in [5.74, 6) is 0. The lowest BCUT2D eigenvalue weighted by Gasteiger charge is -2.17. The Bertz CT molecular complexity index is 151. The Morgan fingerprint density at radius 1 is 1.67 bits per heavy atom. The fourth-order valence-electron chi connectivity index (χ4n) is 0.727. The van der Waals surface area contributed by atoms with Crippen LogP contribution in [0.2, 0.25) is 0 Å². The fourth-order valence-corrected chi connectivity index (χ4v) is 0.727. The third-order valence-corrected chi connectivity index (χ3v) is 1.69. The van der Waals surface area contributed by atoms with Crippen LogP contribution in [-0.4, -0.2) is 17.7 Å². The quantitative estimate of drug-likeness (QED) is 0.516. The largest absolute Gasteiger partial charge is 0.460 e. The molecule has 3 heteroatoms. The van der Waals surface area contributed by atoms with Gasteiger partial charge >= 0.3 is 0 Å². The molecule has 0 amide bonds. The van der Waals surface area contributed by atoms with E-state index in [-0.39, 0.29) is 11.6 Å². The molecule has 0 unspecified atom stereocenters. The van der Waals surface area contributed by atoms with Gasteiger partial charge in [0.2, 0.25) is 0 Å². The van der Waals surface area contributed by atoms with E-state index in [4.69, 9.17) is 10.5 Å². The van der Waals surface area contributed by atoms with E-state index in [1.54, 1.807) is 0 Å². The van der Waals surface area contributed by atoms with Crippen molar-refractivity contribution in [3.8, 4) is 0 Å². The summed E-state index contributed by atoms with van der Waals surface area (Å²) < 4.78 is 5.10. The van der Waals surface area contributed by atoms with Crippen molar-refractivity contribution in [3.05, 3.63) is 0 Å². The van der Waals surface area contributed by atoms with Crippen molar-refractivity contribution in [1.82, 2.24) is 0 Å². The molecule has 3 nitrogen and oxygen atoms in total. The van der Waals surface area contributed by atoms with Gasteiger partial charge in [0.05, 0.1) is 5.54 Å². The number of nitrogens with zero attached hydrogens (tertiary/aromatic N) is 1. The Hall–Kier alpha value is -0.730. The van der Waals surface area contributed by atoms with Crippen LogP contribution in [0, 0.1) is 0 Å². The van der Waals surface area contributed by atoms with Crippen molar-refractivity contribution in [2.24, 2.45) is 10.7 Å². The molecule has 0 spiro atoms. The van der Waals surface area contributed by atoms with Gasteiger partial charge in [-0.1, -0.05) is 0 Å². The van der Waals surface area contributed by atoms with Gasteiger partial charge in [0.15, 0.2) is 0 Å². The van der Waals surface area contributed by atoms with Crippen molar-refractivity contribution in [1.29, 1.82) is 0 Å². The Kier molecular flexibility index (Phi) is 1.15. The van der Waals surface area contributed by atoms with E-state index in [2.05, 4.69) is 4.99 Å². The van der Waals surface area contributed by atoms with E-state index in [1.165, 1.54) is 0 Å². The molecule has 0 radical (unpaired) electrons. The summed E-state index contributed by atoms with van der Waals surface area (Å²) in [6, 6.07) is 0.313. The molecule has 1 aliphatic rings. The summed E-state index contributed by atoms with van der Waals surface area (Å²) in [7, 11) is 0. The lowest BCUT2D eigenvalue weighted by molar-refractivity contribution is 0.172. The molecule has 0 aliphatic carbocycles. The summed E-state index contributed by atoms with van der Waals surface area (Å²) in [6.07, 6.45) is 0.109. The van der Waals surface area contributed by atoms with Gasteiger partial charge in [-0.05, 0) is 20.8 Å². The highest BCUT2D eigenvalue weighted by atomic mass is 16.5. The van der Waals surface area contributed by atoms with Gasteiger partial charge in [0.1, 0.15) is 6.10 Å². The molecule has 9 heavy (non-hydrogen) atoms. The highest BCUT2D eigenvalue weighted by molar-refractivity contribution is 5.74. The molecule has 1 atom stereocenters. The van der Waals surface area contributed by atoms with Crippen LogP contribution in [0.25, 0.3) is 0 Å². The molecule has 1 heterocycles. The van der Waals surface area contributed by atoms with Gasteiger partial charge in [-0.3, -0.25) is 0 Å². The highest BCUT2D eigenvalue weighted by Crippen LogP contribution is 2.22. The van der Waals surface area contributed by atoms with Crippen molar-refractivity contribution >= 4 is 6.02 Å². The third-order valence-electron chi connectivity index (χ3n) is 1.69. The van der Waals surface area contributed by atoms with Crippen LogP contribution >= 0.6 is 0 Å². The van der Waals surface area contributed by atoms with Gasteiger partial charge in [0, 0.05) is 0 Å². The molecule has 1 rings (SSSR count). The number of aliphatic imine (C=N–C) groups is 1. The van der Waals surface area contributed by atoms with Gasteiger partial charge in [0.25, 0.3) is 6.02 Å². The van der Waals surface area contributed by atoms with Crippen molar-refractivity contribution in [2.45, 2.75) is 32.4 Å². The van der Waals surface area contributed by atoms with Crippen molar-refractivity contribution < 1.29 is 4.74 Å². The lowest BCUT2D eigenvalue weighted by atomic mass is 10.0. The molecular formula is C6H12N2O. The number of amidine groups is 1. The molecule has 1 aliphatic heterocycles. The van der Waals surface area contributed by atoms with Crippen LogP contribution in [0.1, 0.15) is 20.8 Å². The molecule has 0 saturated heterocycles. The average molecular weight is 128 g/mol. The zero-order valence-corrected chi connectivity index (χ0v) is 6.01. The van der Waals surface area contributed by atoms with Gasteiger partial charge < -0.3 is 10.5 Å². The second kappa shape index (κ2) is 1.62. The maximum Gasteiger partial charge on any atom is 0.282 e. The predicted octanol–water partition coefficient (Wildman–Crippen LogP) is 0.498. The van der Waals surface area contributed by atoms with Crippen LogP contribution in [0.4, 0.5) is 0 Å². The first-order valence-electron chi connectivity index (χ1n) is 3.04. The molecular weight excluding hydrogens is 116 g/mol. The molecule has 0 aromatic rings. The van der Waals surface area contributed by atoms with E-state index in [1.807, 2.05) is 20.8 Å². The zero-order chi connectivity index (χ0) is 7.07. The van der Waals surface area contributed by atoms with Crippen LogP contribution in [0.15, 0.2) is 4.99 Å². The minimum atomic E-state index is -0.135. The fraction of sp³-hybridized carbons (Fsp3) is 0.833. The Balaban J connectivity index is 2.76. The number of rotatable bonds is 0. The molecule has 0 saturated carbocycles. The number of hydrogen-bond donors (Lipinski definition) is 1. The Morgan fingerprint density at radius 3 is 2.33 bits per heavy atom. The van der Waals surface area contributed by atoms with E-state index in [9.17, 15) is 0 Å². The van der Waals surface area contributed by atoms with Crippen LogP contribution in [-0.2, 0) is 4.74 Å². The van der Waals surface area contributed by atoms with Crippen molar-refractivity contribution in [2.75, 3.05) is 0 Å². The summed E-state index contributed by atoms with van der Waals surface area (Å²) in [6.45, 7) is 5.96. The van der Waals surface area contributed by atoms with Crippen LogP contribution < -0.4 is 5.73 Å². The summed E-state index contributed by atoms with van der Waals surface area (Å²) in [4.78, 5) is 4.07. The maximum absolute atomic E-state index is 5.33. The molecule has 0 bridgehead atoms. The highest BCUT2D eigenvalue weighted by Gasteiger charge is 2.33. The molecule has 0 fully saturated rings. The first kappa shape index (κ1) is 6.39. The van der Waals surface area contributed by atoms with E-state index in [0.717, 1.165) is 0 Å². The van der Waals surface area contributed by atoms with Gasteiger partial charge in [-0.25, -0.2) is 4.99 Å². The maximum atomic E-state index is 5.33. The molecule has 2 N–H and O–H groups in total. The lowest BCUT2D eigenvalue weighted by Crippen LogP contribution is -2.28. The Labute approximate surface area is 54.9 Å². The second-order valence-electron chi connectivity index (χ2n) is 2.86. The minimum Gasteiger partial charge on any atom is -0.460 e. The molecule has 52 valence electrons. The molecule has 0 aromatic carbocycles. The predicted molar refractivity (Wildman–Crippen MR) is 36.2 cm³/mol. The minimum absolute atomic E-state index is 0.109. The Morgan fingerprint density at radius 2 is 2.22 bits per heavy atom. The van der Waals surface area contributed by atoms with Crippen LogP contribution in [0.3, 0.4) is 0 Å².